The normalized spacial score (nSPS) is 28.6. The molecule has 0 bridgehead atoms. The quantitative estimate of drug-likeness (QED) is 0.712. The third-order valence-electron chi connectivity index (χ3n) is 3.80. The Balaban J connectivity index is 2.63. The van der Waals surface area contributed by atoms with E-state index in [1.54, 1.807) is 7.11 Å². The zero-order valence-electron chi connectivity index (χ0n) is 11.0. The lowest BCUT2D eigenvalue weighted by Crippen LogP contribution is -2.38. The monoisotopic (exact) mass is 213 g/mol. The highest BCUT2D eigenvalue weighted by molar-refractivity contribution is 4.92. The maximum atomic E-state index is 5.23. The lowest BCUT2D eigenvalue weighted by molar-refractivity contribution is 0.108. The Kier molecular flexibility index (Phi) is 4.60. The van der Waals surface area contributed by atoms with Crippen molar-refractivity contribution in [3.05, 3.63) is 0 Å². The van der Waals surface area contributed by atoms with E-state index in [9.17, 15) is 0 Å². The smallest absolute Gasteiger partial charge is 0.0477 e. The molecular weight excluding hydrogens is 186 g/mol. The zero-order chi connectivity index (χ0) is 11.5. The molecule has 1 aliphatic rings. The van der Waals surface area contributed by atoms with E-state index in [4.69, 9.17) is 4.74 Å². The Hall–Kier alpha value is -0.0800. The van der Waals surface area contributed by atoms with Crippen molar-refractivity contribution in [2.24, 2.45) is 11.3 Å². The van der Waals surface area contributed by atoms with E-state index in [-0.39, 0.29) is 0 Å². The van der Waals surface area contributed by atoms with Crippen LogP contribution in [-0.4, -0.2) is 37.7 Å². The van der Waals surface area contributed by atoms with Gasteiger partial charge < -0.3 is 9.64 Å². The zero-order valence-corrected chi connectivity index (χ0v) is 11.0. The van der Waals surface area contributed by atoms with Crippen LogP contribution in [0.5, 0.6) is 0 Å². The Labute approximate surface area is 95.0 Å². The number of nitrogens with zero attached hydrogens (tertiary/aromatic N) is 1. The first-order chi connectivity index (χ1) is 7.00. The lowest BCUT2D eigenvalue weighted by atomic mass is 9.75. The molecule has 90 valence electrons. The molecule has 1 saturated heterocycles. The standard InChI is InChI=1S/C13H27NO/c1-6-14-9-7-11(13(2,3)4)12(14)8-10-15-5/h11-12H,6-10H2,1-5H3. The summed E-state index contributed by atoms with van der Waals surface area (Å²) in [4.78, 5) is 2.62. The van der Waals surface area contributed by atoms with Gasteiger partial charge in [-0.1, -0.05) is 27.7 Å². The number of hydrogen-bond acceptors (Lipinski definition) is 2. The van der Waals surface area contributed by atoms with Gasteiger partial charge in [0.05, 0.1) is 0 Å². The second-order valence-corrected chi connectivity index (χ2v) is 5.74. The van der Waals surface area contributed by atoms with Crippen LogP contribution in [0.1, 0.15) is 40.5 Å². The minimum atomic E-state index is 0.433. The average molecular weight is 213 g/mol. The molecule has 2 atom stereocenters. The molecule has 0 aromatic carbocycles. The van der Waals surface area contributed by atoms with Crippen molar-refractivity contribution in [3.63, 3.8) is 0 Å². The van der Waals surface area contributed by atoms with Gasteiger partial charge in [0.2, 0.25) is 0 Å². The molecule has 0 amide bonds. The van der Waals surface area contributed by atoms with Crippen LogP contribution >= 0.6 is 0 Å². The van der Waals surface area contributed by atoms with Gasteiger partial charge in [0.25, 0.3) is 0 Å². The number of likely N-dealkylation sites (tertiary alicyclic amines) is 1. The van der Waals surface area contributed by atoms with Crippen LogP contribution in [0.3, 0.4) is 0 Å². The summed E-state index contributed by atoms with van der Waals surface area (Å²) in [5.41, 5.74) is 0.433. The summed E-state index contributed by atoms with van der Waals surface area (Å²) in [5.74, 6) is 0.826. The van der Waals surface area contributed by atoms with Crippen LogP contribution in [0, 0.1) is 11.3 Å². The van der Waals surface area contributed by atoms with Crippen LogP contribution < -0.4 is 0 Å². The Morgan fingerprint density at radius 3 is 2.47 bits per heavy atom. The molecule has 0 aliphatic carbocycles. The van der Waals surface area contributed by atoms with Crippen LogP contribution in [0.4, 0.5) is 0 Å². The molecule has 1 rings (SSSR count). The minimum Gasteiger partial charge on any atom is -0.385 e. The summed E-state index contributed by atoms with van der Waals surface area (Å²) in [6.45, 7) is 12.7. The summed E-state index contributed by atoms with van der Waals surface area (Å²) in [6.07, 6.45) is 2.54. The molecule has 2 nitrogen and oxygen atoms in total. The van der Waals surface area contributed by atoms with Crippen LogP contribution in [0.25, 0.3) is 0 Å². The van der Waals surface area contributed by atoms with E-state index in [1.165, 1.54) is 25.9 Å². The highest BCUT2D eigenvalue weighted by atomic mass is 16.5. The van der Waals surface area contributed by atoms with E-state index < -0.39 is 0 Å². The van der Waals surface area contributed by atoms with Crippen molar-refractivity contribution >= 4 is 0 Å². The first-order valence-corrected chi connectivity index (χ1v) is 6.23. The summed E-state index contributed by atoms with van der Waals surface area (Å²) >= 11 is 0. The van der Waals surface area contributed by atoms with Crippen molar-refractivity contribution in [1.82, 2.24) is 4.90 Å². The molecule has 0 N–H and O–H groups in total. The predicted molar refractivity (Wildman–Crippen MR) is 65.1 cm³/mol. The highest BCUT2D eigenvalue weighted by Crippen LogP contribution is 2.39. The average Bonchev–Trinajstić information content (AvgIpc) is 2.56. The molecule has 1 fully saturated rings. The minimum absolute atomic E-state index is 0.433. The molecule has 0 saturated carbocycles. The van der Waals surface area contributed by atoms with Gasteiger partial charge in [-0.25, -0.2) is 0 Å². The first kappa shape index (κ1) is 13.0. The molecule has 1 aliphatic heterocycles. The molecule has 2 unspecified atom stereocenters. The van der Waals surface area contributed by atoms with Crippen LogP contribution in [0.15, 0.2) is 0 Å². The lowest BCUT2D eigenvalue weighted by Gasteiger charge is -2.35. The van der Waals surface area contributed by atoms with Gasteiger partial charge >= 0.3 is 0 Å². The van der Waals surface area contributed by atoms with Gasteiger partial charge in [-0.2, -0.15) is 0 Å². The topological polar surface area (TPSA) is 12.5 Å². The Morgan fingerprint density at radius 1 is 1.33 bits per heavy atom. The van der Waals surface area contributed by atoms with E-state index in [0.29, 0.717) is 5.41 Å². The van der Waals surface area contributed by atoms with E-state index in [0.717, 1.165) is 18.6 Å². The molecule has 15 heavy (non-hydrogen) atoms. The van der Waals surface area contributed by atoms with Crippen molar-refractivity contribution in [2.75, 3.05) is 26.8 Å². The second-order valence-electron chi connectivity index (χ2n) is 5.74. The third-order valence-corrected chi connectivity index (χ3v) is 3.80. The second kappa shape index (κ2) is 5.31. The van der Waals surface area contributed by atoms with Crippen molar-refractivity contribution in [1.29, 1.82) is 0 Å². The van der Waals surface area contributed by atoms with Crippen molar-refractivity contribution in [3.8, 4) is 0 Å². The summed E-state index contributed by atoms with van der Waals surface area (Å²) in [5, 5.41) is 0. The van der Waals surface area contributed by atoms with Crippen LogP contribution in [0.2, 0.25) is 0 Å². The number of hydrogen-bond donors (Lipinski definition) is 0. The van der Waals surface area contributed by atoms with Crippen molar-refractivity contribution < 1.29 is 4.74 Å². The maximum absolute atomic E-state index is 5.23. The predicted octanol–water partition coefficient (Wildman–Crippen LogP) is 2.78. The third kappa shape index (κ3) is 3.18. The fourth-order valence-corrected chi connectivity index (χ4v) is 2.94. The summed E-state index contributed by atoms with van der Waals surface area (Å²) < 4.78 is 5.23. The summed E-state index contributed by atoms with van der Waals surface area (Å²) in [6, 6.07) is 0.731. The van der Waals surface area contributed by atoms with Crippen molar-refractivity contribution in [2.45, 2.75) is 46.6 Å². The first-order valence-electron chi connectivity index (χ1n) is 6.23. The largest absolute Gasteiger partial charge is 0.385 e. The molecule has 0 aromatic heterocycles. The highest BCUT2D eigenvalue weighted by Gasteiger charge is 2.39. The SMILES string of the molecule is CCN1CCC(C(C)(C)C)C1CCOC. The van der Waals surface area contributed by atoms with E-state index in [2.05, 4.69) is 32.6 Å². The van der Waals surface area contributed by atoms with E-state index in [1.807, 2.05) is 0 Å². The fourth-order valence-electron chi connectivity index (χ4n) is 2.94. The number of rotatable bonds is 4. The molecular formula is C13H27NO. The van der Waals surface area contributed by atoms with Gasteiger partial charge in [0.1, 0.15) is 0 Å². The fraction of sp³-hybridized carbons (Fsp3) is 1.00. The Morgan fingerprint density at radius 2 is 2.00 bits per heavy atom. The molecule has 0 spiro atoms. The van der Waals surface area contributed by atoms with Gasteiger partial charge in [0.15, 0.2) is 0 Å². The van der Waals surface area contributed by atoms with Gasteiger partial charge in [-0.05, 0) is 37.3 Å². The maximum Gasteiger partial charge on any atom is 0.0477 e. The number of ether oxygens (including phenoxy) is 1. The molecule has 0 aromatic rings. The molecule has 1 heterocycles. The summed E-state index contributed by atoms with van der Waals surface area (Å²) in [7, 11) is 1.80. The van der Waals surface area contributed by atoms with Crippen LogP contribution in [-0.2, 0) is 4.74 Å². The number of methoxy groups -OCH3 is 1. The van der Waals surface area contributed by atoms with Gasteiger partial charge in [0, 0.05) is 19.8 Å². The van der Waals surface area contributed by atoms with E-state index >= 15 is 0 Å². The molecule has 2 heteroatoms. The van der Waals surface area contributed by atoms with Gasteiger partial charge in [-0.3, -0.25) is 0 Å². The van der Waals surface area contributed by atoms with Gasteiger partial charge in [-0.15, -0.1) is 0 Å². The Bertz CT molecular complexity index is 185. The molecule has 0 radical (unpaired) electrons.